The Morgan fingerprint density at radius 3 is 1.07 bits per heavy atom. The van der Waals surface area contributed by atoms with Crippen LogP contribution in [0.15, 0.2) is 5.11 Å². The average Bonchev–Trinajstić information content (AvgIpc) is 3.34. The molecule has 0 aromatic carbocycles. The number of ether oxygens (including phenoxy) is 7. The van der Waals surface area contributed by atoms with Gasteiger partial charge in [0.15, 0.2) is 6.67 Å². The molecule has 0 saturated heterocycles. The van der Waals surface area contributed by atoms with E-state index >= 15 is 0 Å². The number of aliphatic hydroxyl groups excluding tert-OH is 4. The molecule has 0 rings (SSSR count). The molecule has 0 aromatic heterocycles. The van der Waals surface area contributed by atoms with Crippen molar-refractivity contribution in [3.8, 4) is 0 Å². The molecule has 0 heterocycles. The van der Waals surface area contributed by atoms with Crippen LogP contribution in [0.1, 0.15) is 52.4 Å². The van der Waals surface area contributed by atoms with Gasteiger partial charge in [-0.25, -0.2) is 0 Å². The minimum atomic E-state index is -1.05. The van der Waals surface area contributed by atoms with Gasteiger partial charge in [0.25, 0.3) is 0 Å². The second kappa shape index (κ2) is 45.0. The molecule has 410 valence electrons. The quantitative estimate of drug-likeness (QED) is 0.0117. The number of hydrogen-bond donors (Lipinski definition) is 13. The van der Waals surface area contributed by atoms with Crippen LogP contribution in [-0.4, -0.2) is 232 Å². The highest BCUT2D eigenvalue weighted by atomic mass is 16.5. The van der Waals surface area contributed by atoms with Crippen LogP contribution in [0.4, 0.5) is 0 Å². The van der Waals surface area contributed by atoms with E-state index in [1.807, 2.05) is 0 Å². The van der Waals surface area contributed by atoms with Crippen molar-refractivity contribution in [2.24, 2.45) is 10.5 Å². The van der Waals surface area contributed by atoms with E-state index < -0.39 is 41.3 Å². The molecule has 0 atom stereocenters. The first kappa shape index (κ1) is 66.1. The Balaban J connectivity index is 5.54. The van der Waals surface area contributed by atoms with Gasteiger partial charge in [0.1, 0.15) is 10.6 Å². The van der Waals surface area contributed by atoms with E-state index in [0.717, 1.165) is 0 Å². The zero-order valence-electron chi connectivity index (χ0n) is 41.1. The molecule has 0 spiro atoms. The van der Waals surface area contributed by atoms with E-state index in [9.17, 15) is 33.6 Å². The molecule has 7 amide bonds. The van der Waals surface area contributed by atoms with Crippen molar-refractivity contribution in [1.82, 2.24) is 47.4 Å². The van der Waals surface area contributed by atoms with Gasteiger partial charge in [-0.1, -0.05) is 0 Å². The normalized spacial score (nSPS) is 11.3. The fourth-order valence-corrected chi connectivity index (χ4v) is 5.43. The summed E-state index contributed by atoms with van der Waals surface area (Å²) in [4.78, 5) is 89.9. The van der Waals surface area contributed by atoms with Crippen molar-refractivity contribution in [1.29, 1.82) is 5.53 Å². The van der Waals surface area contributed by atoms with Crippen molar-refractivity contribution in [2.45, 2.75) is 70.5 Å². The van der Waals surface area contributed by atoms with Gasteiger partial charge in [-0.15, -0.1) is 0 Å². The van der Waals surface area contributed by atoms with E-state index in [1.165, 1.54) is 0 Å². The van der Waals surface area contributed by atoms with Crippen LogP contribution in [0, 0.1) is 10.9 Å². The van der Waals surface area contributed by atoms with Crippen LogP contribution in [-0.2, 0) is 66.7 Å². The molecule has 0 unspecified atom stereocenters. The molecular formula is C42H80N11O18+. The molecule has 0 bridgehead atoms. The summed E-state index contributed by atoms with van der Waals surface area (Å²) in [5.41, 5.74) is 5.67. The zero-order valence-corrected chi connectivity index (χ0v) is 41.1. The van der Waals surface area contributed by atoms with Crippen LogP contribution < -0.4 is 47.4 Å². The number of rotatable bonds is 48. The molecule has 0 fully saturated rings. The highest BCUT2D eigenvalue weighted by molar-refractivity contribution is 5.82. The molecule has 0 radical (unpaired) electrons. The largest absolute Gasteiger partial charge is 0.395 e. The Morgan fingerprint density at radius 1 is 0.479 bits per heavy atom. The van der Waals surface area contributed by atoms with Crippen LogP contribution in [0.2, 0.25) is 0 Å². The van der Waals surface area contributed by atoms with E-state index in [1.54, 1.807) is 13.8 Å². The summed E-state index contributed by atoms with van der Waals surface area (Å²) in [6, 6.07) is -2.11. The van der Waals surface area contributed by atoms with E-state index in [2.05, 4.69) is 52.6 Å². The minimum Gasteiger partial charge on any atom is -0.395 e. The number of hydrogen-bond acceptors (Lipinski definition) is 21. The SMILES string of the molecule is CC(C)(COCNCN=[N+]=N)C(=O)NC(COCCC(=O)NC(COCCC(=O)NCCO)COCCC(=O)NCCO)COCCC(=O)NC(COCCC(=O)NCCO)COCCC(=O)NCCO. The lowest BCUT2D eigenvalue weighted by atomic mass is 9.93. The van der Waals surface area contributed by atoms with Crippen molar-refractivity contribution in [3.05, 3.63) is 0 Å². The summed E-state index contributed by atoms with van der Waals surface area (Å²) in [6.07, 6.45) is -0.205. The van der Waals surface area contributed by atoms with Gasteiger partial charge in [0.05, 0.1) is 143 Å². The second-order valence-electron chi connectivity index (χ2n) is 16.0. The molecule has 0 saturated carbocycles. The first-order chi connectivity index (χ1) is 34.2. The molecule has 0 aromatic rings. The number of carbonyl (C=O) groups excluding carboxylic acids is 7. The Morgan fingerprint density at radius 2 is 0.775 bits per heavy atom. The van der Waals surface area contributed by atoms with E-state index in [0.29, 0.717) is 0 Å². The molecule has 0 aliphatic heterocycles. The summed E-state index contributed by atoms with van der Waals surface area (Å²) in [5.74, 6) is -2.62. The lowest BCUT2D eigenvalue weighted by molar-refractivity contribution is -0.135. The van der Waals surface area contributed by atoms with Gasteiger partial charge in [-0.2, -0.15) is 0 Å². The van der Waals surface area contributed by atoms with Crippen LogP contribution in [0.25, 0.3) is 0 Å². The molecule has 0 aliphatic rings. The standard InChI is InChI=1S/C42H79N11O18/c1-42(2,29-71-31-44-30-49-53-43)41(64)52-34(27-69-21-7-39(62)50-32(23-65-17-3-35(58)45-9-13-54)24-66-18-4-36(59)46-10-14-55)28-70-22-8-40(63)51-33(25-67-19-5-37(60)47-11-15-56)26-68-20-6-38(61)48-12-16-57/h32-34,43-44,54-57H,3-31H2,1-2H3,(H6-,45,46,47,48,50,51,52,58,59,60,61,62,63,64)/p+1. The maximum Gasteiger partial charge on any atom is 0.228 e. The third-order valence-electron chi connectivity index (χ3n) is 9.09. The summed E-state index contributed by atoms with van der Waals surface area (Å²) >= 11 is 0. The monoisotopic (exact) mass is 1030 g/mol. The van der Waals surface area contributed by atoms with Crippen LogP contribution in [0.5, 0.6) is 0 Å². The summed E-state index contributed by atoms with van der Waals surface area (Å²) < 4.78 is 39.5. The summed E-state index contributed by atoms with van der Waals surface area (Å²) in [5, 5.41) is 60.3. The van der Waals surface area contributed by atoms with Gasteiger partial charge in [-0.3, -0.25) is 38.9 Å². The maximum absolute atomic E-state index is 13.4. The number of amides is 7. The highest BCUT2D eigenvalue weighted by Gasteiger charge is 2.30. The van der Waals surface area contributed by atoms with E-state index in [4.69, 9.17) is 59.1 Å². The van der Waals surface area contributed by atoms with Crippen molar-refractivity contribution in [2.75, 3.05) is 152 Å². The fraction of sp³-hybridized carbons (Fsp3) is 0.833. The molecule has 29 nitrogen and oxygen atoms in total. The minimum absolute atomic E-state index is 0.0105. The van der Waals surface area contributed by atoms with Crippen molar-refractivity contribution < 1.29 is 87.1 Å². The Labute approximate surface area is 413 Å². The Hall–Kier alpha value is -4.88. The molecule has 13 N–H and O–H groups in total. The topological polar surface area (TPSA) is 412 Å². The number of nitrogens with one attached hydrogen (secondary N) is 9. The summed E-state index contributed by atoms with van der Waals surface area (Å²) in [7, 11) is 0. The molecular weight excluding hydrogens is 947 g/mol. The average molecular weight is 1030 g/mol. The third-order valence-corrected chi connectivity index (χ3v) is 9.09. The maximum atomic E-state index is 13.4. The Kier molecular flexibility index (Phi) is 41.9. The van der Waals surface area contributed by atoms with Gasteiger partial charge < -0.3 is 90.8 Å². The second-order valence-corrected chi connectivity index (χ2v) is 16.0. The van der Waals surface area contributed by atoms with Crippen molar-refractivity contribution in [3.63, 3.8) is 0 Å². The van der Waals surface area contributed by atoms with E-state index in [-0.39, 0.29) is 214 Å². The van der Waals surface area contributed by atoms with Crippen LogP contribution in [0.3, 0.4) is 0 Å². The first-order valence-corrected chi connectivity index (χ1v) is 23.4. The number of nitrogens with zero attached hydrogens (tertiary/aromatic N) is 2. The zero-order chi connectivity index (χ0) is 52.8. The lowest BCUT2D eigenvalue weighted by Crippen LogP contribution is -2.49. The smallest absolute Gasteiger partial charge is 0.228 e. The van der Waals surface area contributed by atoms with Crippen molar-refractivity contribution >= 4 is 41.4 Å². The van der Waals surface area contributed by atoms with Gasteiger partial charge in [0, 0.05) is 64.7 Å². The van der Waals surface area contributed by atoms with Gasteiger partial charge in [-0.05, 0) is 13.8 Å². The Bertz CT molecular complexity index is 1390. The molecule has 29 heteroatoms. The fourth-order valence-electron chi connectivity index (χ4n) is 5.43. The van der Waals surface area contributed by atoms with Crippen LogP contribution >= 0.6 is 0 Å². The van der Waals surface area contributed by atoms with Gasteiger partial charge in [0.2, 0.25) is 46.3 Å². The lowest BCUT2D eigenvalue weighted by Gasteiger charge is -2.27. The molecule has 0 aliphatic carbocycles. The first-order valence-electron chi connectivity index (χ1n) is 23.4. The predicted octanol–water partition coefficient (Wildman–Crippen LogP) is -5.59. The molecule has 71 heavy (non-hydrogen) atoms. The number of carbonyl (C=O) groups is 7. The number of aliphatic hydroxyl groups is 4. The predicted molar refractivity (Wildman–Crippen MR) is 249 cm³/mol. The third kappa shape index (κ3) is 40.4. The van der Waals surface area contributed by atoms with Gasteiger partial charge >= 0.3 is 0 Å². The highest BCUT2D eigenvalue weighted by Crippen LogP contribution is 2.16. The summed E-state index contributed by atoms with van der Waals surface area (Å²) in [6.45, 7) is 2.47.